The molecule has 0 fully saturated rings. The van der Waals surface area contributed by atoms with Crippen LogP contribution in [0.4, 0.5) is 0 Å². The molecular weight excluding hydrogens is 290 g/mol. The van der Waals surface area contributed by atoms with Crippen LogP contribution >= 0.6 is 0 Å². The van der Waals surface area contributed by atoms with E-state index < -0.39 is 0 Å². The van der Waals surface area contributed by atoms with Gasteiger partial charge in [0, 0.05) is 12.1 Å². The molecule has 0 aliphatic heterocycles. The van der Waals surface area contributed by atoms with Gasteiger partial charge in [0.2, 0.25) is 5.91 Å². The number of phenols is 1. The molecular formula is C18H23N3O2. The van der Waals surface area contributed by atoms with Crippen molar-refractivity contribution in [1.82, 2.24) is 15.5 Å². The Morgan fingerprint density at radius 1 is 1.17 bits per heavy atom. The van der Waals surface area contributed by atoms with E-state index in [4.69, 9.17) is 0 Å². The highest BCUT2D eigenvalue weighted by Gasteiger charge is 2.15. The fraction of sp³-hybridized carbons (Fsp3) is 0.444. The van der Waals surface area contributed by atoms with E-state index in [0.717, 1.165) is 24.1 Å². The Labute approximate surface area is 136 Å². The highest BCUT2D eigenvalue weighted by molar-refractivity contribution is 5.76. The number of phenolic OH excluding ortho intramolecular Hbond substituents is 1. The number of H-pyrrole nitrogens is 1. The van der Waals surface area contributed by atoms with E-state index in [1.807, 2.05) is 12.1 Å². The molecule has 0 atom stereocenters. The summed E-state index contributed by atoms with van der Waals surface area (Å²) in [5.41, 5.74) is 4.59. The molecule has 1 aromatic heterocycles. The van der Waals surface area contributed by atoms with Crippen molar-refractivity contribution < 1.29 is 9.90 Å². The van der Waals surface area contributed by atoms with Gasteiger partial charge in [-0.25, -0.2) is 0 Å². The van der Waals surface area contributed by atoms with Crippen LogP contribution in [0.1, 0.15) is 48.2 Å². The predicted molar refractivity (Wildman–Crippen MR) is 88.1 cm³/mol. The van der Waals surface area contributed by atoms with Crippen LogP contribution in [-0.2, 0) is 30.6 Å². The predicted octanol–water partition coefficient (Wildman–Crippen LogP) is 2.63. The molecule has 0 saturated carbocycles. The summed E-state index contributed by atoms with van der Waals surface area (Å²) in [7, 11) is 0. The average Bonchev–Trinajstić information content (AvgIpc) is 2.79. The second-order valence-corrected chi connectivity index (χ2v) is 6.13. The van der Waals surface area contributed by atoms with Gasteiger partial charge < -0.3 is 10.4 Å². The van der Waals surface area contributed by atoms with Gasteiger partial charge in [-0.3, -0.25) is 9.89 Å². The minimum Gasteiger partial charge on any atom is -0.508 e. The lowest BCUT2D eigenvalue weighted by Crippen LogP contribution is -2.23. The van der Waals surface area contributed by atoms with Gasteiger partial charge in [-0.2, -0.15) is 5.10 Å². The zero-order chi connectivity index (χ0) is 16.1. The lowest BCUT2D eigenvalue weighted by atomic mass is 10.1. The van der Waals surface area contributed by atoms with Gasteiger partial charge in [0.25, 0.3) is 0 Å². The van der Waals surface area contributed by atoms with E-state index in [1.165, 1.54) is 30.5 Å². The topological polar surface area (TPSA) is 78.0 Å². The van der Waals surface area contributed by atoms with E-state index >= 15 is 0 Å². The molecule has 1 heterocycles. The van der Waals surface area contributed by atoms with Gasteiger partial charge in [0.05, 0.1) is 12.2 Å². The second kappa shape index (κ2) is 7.31. The first kappa shape index (κ1) is 15.6. The number of aryl methyl sites for hydroxylation is 2. The smallest absolute Gasteiger partial charge is 0.220 e. The third-order valence-electron chi connectivity index (χ3n) is 4.42. The molecule has 3 rings (SSSR count). The number of aromatic hydroxyl groups is 1. The SMILES string of the molecule is O=C(CCc1ccc(O)cc1)NCc1n[nH]c2c1CCCCC2. The summed E-state index contributed by atoms with van der Waals surface area (Å²) in [6.45, 7) is 0.500. The Balaban J connectivity index is 1.49. The number of carbonyl (C=O) groups excluding carboxylic acids is 1. The fourth-order valence-electron chi connectivity index (χ4n) is 3.06. The number of nitrogens with one attached hydrogen (secondary N) is 2. The number of fused-ring (bicyclic) bond motifs is 1. The summed E-state index contributed by atoms with van der Waals surface area (Å²) in [6.07, 6.45) is 6.92. The summed E-state index contributed by atoms with van der Waals surface area (Å²) in [5.74, 6) is 0.279. The van der Waals surface area contributed by atoms with E-state index in [0.29, 0.717) is 19.4 Å². The fourth-order valence-corrected chi connectivity index (χ4v) is 3.06. The quantitative estimate of drug-likeness (QED) is 0.743. The van der Waals surface area contributed by atoms with Crippen molar-refractivity contribution >= 4 is 5.91 Å². The van der Waals surface area contributed by atoms with Gasteiger partial charge in [-0.1, -0.05) is 18.6 Å². The van der Waals surface area contributed by atoms with E-state index in [-0.39, 0.29) is 11.7 Å². The van der Waals surface area contributed by atoms with Gasteiger partial charge in [0.15, 0.2) is 0 Å². The Morgan fingerprint density at radius 2 is 1.96 bits per heavy atom. The number of amides is 1. The third-order valence-corrected chi connectivity index (χ3v) is 4.42. The number of nitrogens with zero attached hydrogens (tertiary/aromatic N) is 1. The number of carbonyl (C=O) groups is 1. The Hall–Kier alpha value is -2.30. The largest absolute Gasteiger partial charge is 0.508 e. The number of benzene rings is 1. The normalized spacial score (nSPS) is 14.1. The molecule has 1 amide bonds. The van der Waals surface area contributed by atoms with Crippen LogP contribution in [0.5, 0.6) is 5.75 Å². The number of hydrogen-bond acceptors (Lipinski definition) is 3. The maximum Gasteiger partial charge on any atom is 0.220 e. The van der Waals surface area contributed by atoms with E-state index in [1.54, 1.807) is 12.1 Å². The van der Waals surface area contributed by atoms with Crippen molar-refractivity contribution in [3.63, 3.8) is 0 Å². The van der Waals surface area contributed by atoms with E-state index in [2.05, 4.69) is 15.5 Å². The monoisotopic (exact) mass is 313 g/mol. The van der Waals surface area contributed by atoms with Crippen LogP contribution < -0.4 is 5.32 Å². The van der Waals surface area contributed by atoms with Crippen molar-refractivity contribution in [2.24, 2.45) is 0 Å². The molecule has 0 bridgehead atoms. The summed E-state index contributed by atoms with van der Waals surface area (Å²) in [5, 5.41) is 19.7. The lowest BCUT2D eigenvalue weighted by molar-refractivity contribution is -0.121. The standard InChI is InChI=1S/C18H23N3O2/c22-14-9-6-13(7-10-14)8-11-18(23)19-12-17-15-4-2-1-3-5-16(15)20-21-17/h6-7,9-10,22H,1-5,8,11-12H2,(H,19,23)(H,20,21). The number of aromatic amines is 1. The van der Waals surface area contributed by atoms with Crippen LogP contribution in [0.3, 0.4) is 0 Å². The molecule has 1 aromatic carbocycles. The molecule has 0 saturated heterocycles. The molecule has 1 aliphatic carbocycles. The highest BCUT2D eigenvalue weighted by atomic mass is 16.3. The van der Waals surface area contributed by atoms with Crippen molar-refractivity contribution in [3.05, 3.63) is 46.8 Å². The Morgan fingerprint density at radius 3 is 2.78 bits per heavy atom. The zero-order valence-electron chi connectivity index (χ0n) is 13.3. The highest BCUT2D eigenvalue weighted by Crippen LogP contribution is 2.21. The van der Waals surface area contributed by atoms with Crippen LogP contribution in [0, 0.1) is 0 Å². The molecule has 0 radical (unpaired) electrons. The van der Waals surface area contributed by atoms with Gasteiger partial charge in [-0.15, -0.1) is 0 Å². The first-order chi connectivity index (χ1) is 11.2. The molecule has 0 unspecified atom stereocenters. The van der Waals surface area contributed by atoms with Gasteiger partial charge in [0.1, 0.15) is 5.75 Å². The third kappa shape index (κ3) is 4.12. The van der Waals surface area contributed by atoms with Gasteiger partial charge in [-0.05, 0) is 55.4 Å². The molecule has 3 N–H and O–H groups in total. The van der Waals surface area contributed by atoms with Gasteiger partial charge >= 0.3 is 0 Å². The minimum absolute atomic E-state index is 0.0310. The second-order valence-electron chi connectivity index (χ2n) is 6.13. The maximum absolute atomic E-state index is 12.0. The molecule has 0 spiro atoms. The van der Waals surface area contributed by atoms with Crippen LogP contribution in [0.25, 0.3) is 0 Å². The maximum atomic E-state index is 12.0. The van der Waals surface area contributed by atoms with Crippen molar-refractivity contribution in [2.45, 2.75) is 51.5 Å². The van der Waals surface area contributed by atoms with Crippen molar-refractivity contribution in [3.8, 4) is 5.75 Å². The minimum atomic E-state index is 0.0310. The van der Waals surface area contributed by atoms with Crippen molar-refractivity contribution in [1.29, 1.82) is 0 Å². The summed E-state index contributed by atoms with van der Waals surface area (Å²) < 4.78 is 0. The molecule has 1 aliphatic rings. The first-order valence-electron chi connectivity index (χ1n) is 8.32. The number of hydrogen-bond donors (Lipinski definition) is 3. The molecule has 5 nitrogen and oxygen atoms in total. The Bertz CT molecular complexity index is 661. The summed E-state index contributed by atoms with van der Waals surface area (Å²) in [4.78, 5) is 12.0. The molecule has 2 aromatic rings. The average molecular weight is 313 g/mol. The summed E-state index contributed by atoms with van der Waals surface area (Å²) in [6, 6.07) is 6.98. The molecule has 5 heteroatoms. The van der Waals surface area contributed by atoms with Crippen LogP contribution in [0.15, 0.2) is 24.3 Å². The van der Waals surface area contributed by atoms with Crippen LogP contribution in [-0.4, -0.2) is 21.2 Å². The Kier molecular flexibility index (Phi) is 4.95. The summed E-state index contributed by atoms with van der Waals surface area (Å²) >= 11 is 0. The number of aromatic nitrogens is 2. The number of rotatable bonds is 5. The van der Waals surface area contributed by atoms with Crippen LogP contribution in [0.2, 0.25) is 0 Å². The first-order valence-corrected chi connectivity index (χ1v) is 8.32. The lowest BCUT2D eigenvalue weighted by Gasteiger charge is -2.06. The van der Waals surface area contributed by atoms with Crippen molar-refractivity contribution in [2.75, 3.05) is 0 Å². The molecule has 122 valence electrons. The molecule has 23 heavy (non-hydrogen) atoms. The zero-order valence-corrected chi connectivity index (χ0v) is 13.3. The van der Waals surface area contributed by atoms with E-state index in [9.17, 15) is 9.90 Å².